The molecule has 0 atom stereocenters. The van der Waals surface area contributed by atoms with Gasteiger partial charge in [0, 0.05) is 12.1 Å². The first-order chi connectivity index (χ1) is 8.50. The average molecular weight is 273 g/mol. The second-order valence-electron chi connectivity index (χ2n) is 3.52. The molecule has 2 rings (SSSR count). The fourth-order valence-electron chi connectivity index (χ4n) is 1.39. The number of nitrogens with zero attached hydrogens (tertiary/aromatic N) is 2. The molecule has 0 radical (unpaired) electrons. The van der Waals surface area contributed by atoms with Gasteiger partial charge in [-0.05, 0) is 19.1 Å². The van der Waals surface area contributed by atoms with Crippen molar-refractivity contribution in [3.05, 3.63) is 29.8 Å². The monoisotopic (exact) mass is 273 g/mol. The van der Waals surface area contributed by atoms with Crippen molar-refractivity contribution in [2.75, 3.05) is 11.9 Å². The van der Waals surface area contributed by atoms with E-state index < -0.39 is 11.7 Å². The lowest BCUT2D eigenvalue weighted by molar-refractivity contribution is -0.137. The summed E-state index contributed by atoms with van der Waals surface area (Å²) in [6, 6.07) is 5.07. The van der Waals surface area contributed by atoms with E-state index in [1.807, 2.05) is 6.92 Å². The summed E-state index contributed by atoms with van der Waals surface area (Å²) in [6.07, 6.45) is -4.34. The number of rotatable bonds is 3. The van der Waals surface area contributed by atoms with Crippen molar-refractivity contribution in [1.29, 1.82) is 0 Å². The first-order valence-electron chi connectivity index (χ1n) is 5.25. The predicted molar refractivity (Wildman–Crippen MR) is 64.5 cm³/mol. The molecule has 0 saturated carbocycles. The van der Waals surface area contributed by atoms with Crippen LogP contribution in [0.2, 0.25) is 0 Å². The number of aromatic nitrogens is 2. The van der Waals surface area contributed by atoms with Crippen molar-refractivity contribution in [2.45, 2.75) is 13.1 Å². The molecule has 0 saturated heterocycles. The van der Waals surface area contributed by atoms with Gasteiger partial charge in [0.05, 0.1) is 5.56 Å². The summed E-state index contributed by atoms with van der Waals surface area (Å²) in [5.41, 5.74) is -0.258. The molecule has 18 heavy (non-hydrogen) atoms. The molecule has 0 aliphatic carbocycles. The normalized spacial score (nSPS) is 11.6. The van der Waals surface area contributed by atoms with Crippen LogP contribution in [0, 0.1) is 0 Å². The molecule has 1 aromatic carbocycles. The van der Waals surface area contributed by atoms with Gasteiger partial charge in [-0.2, -0.15) is 13.2 Å². The van der Waals surface area contributed by atoms with E-state index >= 15 is 0 Å². The summed E-state index contributed by atoms with van der Waals surface area (Å²) in [5, 5.41) is 11.8. The second-order valence-corrected chi connectivity index (χ2v) is 4.50. The maximum atomic E-state index is 12.6. The molecule has 0 spiro atoms. The summed E-state index contributed by atoms with van der Waals surface area (Å²) in [5.74, 6) is 0. The summed E-state index contributed by atoms with van der Waals surface area (Å²) in [7, 11) is 0. The maximum Gasteiger partial charge on any atom is 0.416 e. The van der Waals surface area contributed by atoms with Crippen LogP contribution in [-0.4, -0.2) is 16.7 Å². The molecule has 0 unspecified atom stereocenters. The number of halogens is 3. The number of hydrogen-bond acceptors (Lipinski definition) is 4. The molecule has 7 heteroatoms. The van der Waals surface area contributed by atoms with Crippen LogP contribution in [0.15, 0.2) is 24.3 Å². The van der Waals surface area contributed by atoms with E-state index in [0.717, 1.165) is 12.1 Å². The zero-order valence-electron chi connectivity index (χ0n) is 9.45. The molecular formula is C11H10F3N3S. The van der Waals surface area contributed by atoms with E-state index in [9.17, 15) is 13.2 Å². The highest BCUT2D eigenvalue weighted by atomic mass is 32.1. The summed E-state index contributed by atoms with van der Waals surface area (Å²) < 4.78 is 37.7. The Morgan fingerprint density at radius 1 is 1.28 bits per heavy atom. The lowest BCUT2D eigenvalue weighted by Crippen LogP contribution is -2.04. The van der Waals surface area contributed by atoms with Gasteiger partial charge in [0.2, 0.25) is 5.13 Å². The highest BCUT2D eigenvalue weighted by Gasteiger charge is 2.30. The van der Waals surface area contributed by atoms with Crippen LogP contribution in [0.5, 0.6) is 0 Å². The van der Waals surface area contributed by atoms with Crippen LogP contribution in [0.1, 0.15) is 12.5 Å². The molecule has 1 aromatic heterocycles. The fourth-order valence-corrected chi connectivity index (χ4v) is 2.20. The third kappa shape index (κ3) is 2.79. The van der Waals surface area contributed by atoms with Crippen molar-refractivity contribution in [2.24, 2.45) is 0 Å². The number of hydrogen-bond donors (Lipinski definition) is 1. The van der Waals surface area contributed by atoms with Crippen LogP contribution in [0.3, 0.4) is 0 Å². The van der Waals surface area contributed by atoms with Crippen LogP contribution >= 0.6 is 11.3 Å². The lowest BCUT2D eigenvalue weighted by Gasteiger charge is -2.06. The lowest BCUT2D eigenvalue weighted by atomic mass is 10.1. The Labute approximate surface area is 106 Å². The molecule has 1 heterocycles. The minimum Gasteiger partial charge on any atom is -0.360 e. The molecule has 0 aliphatic heterocycles. The average Bonchev–Trinajstić information content (AvgIpc) is 2.77. The van der Waals surface area contributed by atoms with Crippen LogP contribution in [-0.2, 0) is 6.18 Å². The van der Waals surface area contributed by atoms with Crippen molar-refractivity contribution >= 4 is 16.5 Å². The molecule has 0 fully saturated rings. The van der Waals surface area contributed by atoms with Crippen LogP contribution < -0.4 is 5.32 Å². The van der Waals surface area contributed by atoms with Crippen molar-refractivity contribution in [3.8, 4) is 10.6 Å². The smallest absolute Gasteiger partial charge is 0.360 e. The minimum absolute atomic E-state index is 0.423. The highest BCUT2D eigenvalue weighted by molar-refractivity contribution is 7.18. The van der Waals surface area contributed by atoms with Crippen molar-refractivity contribution in [3.63, 3.8) is 0 Å². The standard InChI is InChI=1S/C11H10F3N3S/c1-2-15-10-17-16-9(18-10)7-4-3-5-8(6-7)11(12,13)14/h3-6H,2H2,1H3,(H,15,17). The number of alkyl halides is 3. The molecular weight excluding hydrogens is 263 g/mol. The Balaban J connectivity index is 2.32. The van der Waals surface area contributed by atoms with Gasteiger partial charge in [-0.25, -0.2) is 0 Å². The summed E-state index contributed by atoms with van der Waals surface area (Å²) in [6.45, 7) is 2.60. The topological polar surface area (TPSA) is 37.8 Å². The highest BCUT2D eigenvalue weighted by Crippen LogP contribution is 2.33. The predicted octanol–water partition coefficient (Wildman–Crippen LogP) is 3.66. The number of benzene rings is 1. The molecule has 1 N–H and O–H groups in total. The van der Waals surface area contributed by atoms with Crippen LogP contribution in [0.25, 0.3) is 10.6 Å². The van der Waals surface area contributed by atoms with Gasteiger partial charge in [0.1, 0.15) is 5.01 Å². The maximum absolute atomic E-state index is 12.6. The van der Waals surface area contributed by atoms with E-state index in [-0.39, 0.29) is 0 Å². The summed E-state index contributed by atoms with van der Waals surface area (Å²) in [4.78, 5) is 0. The van der Waals surface area contributed by atoms with E-state index in [4.69, 9.17) is 0 Å². The number of nitrogens with one attached hydrogen (secondary N) is 1. The zero-order valence-corrected chi connectivity index (χ0v) is 10.3. The Morgan fingerprint density at radius 2 is 2.06 bits per heavy atom. The van der Waals surface area contributed by atoms with Crippen molar-refractivity contribution < 1.29 is 13.2 Å². The Kier molecular flexibility index (Phi) is 3.51. The largest absolute Gasteiger partial charge is 0.416 e. The SMILES string of the molecule is CCNc1nnc(-c2cccc(C(F)(F)F)c2)s1. The van der Waals surface area contributed by atoms with Gasteiger partial charge in [-0.15, -0.1) is 10.2 Å². The summed E-state index contributed by atoms with van der Waals surface area (Å²) >= 11 is 1.23. The first-order valence-corrected chi connectivity index (χ1v) is 6.07. The molecule has 96 valence electrons. The van der Waals surface area contributed by atoms with E-state index in [0.29, 0.717) is 22.2 Å². The third-order valence-electron chi connectivity index (χ3n) is 2.19. The quantitative estimate of drug-likeness (QED) is 0.927. The van der Waals surface area contributed by atoms with Crippen LogP contribution in [0.4, 0.5) is 18.3 Å². The zero-order chi connectivity index (χ0) is 13.2. The number of anilines is 1. The van der Waals surface area contributed by atoms with Gasteiger partial charge in [0.25, 0.3) is 0 Å². The van der Waals surface area contributed by atoms with Gasteiger partial charge >= 0.3 is 6.18 Å². The Morgan fingerprint density at radius 3 is 2.72 bits per heavy atom. The molecule has 0 amide bonds. The first kappa shape index (κ1) is 12.8. The molecule has 2 aromatic rings. The van der Waals surface area contributed by atoms with E-state index in [1.54, 1.807) is 6.07 Å². The van der Waals surface area contributed by atoms with E-state index in [1.165, 1.54) is 17.4 Å². The molecule has 3 nitrogen and oxygen atoms in total. The fraction of sp³-hybridized carbons (Fsp3) is 0.273. The Bertz CT molecular complexity index is 536. The molecule has 0 aliphatic rings. The second kappa shape index (κ2) is 4.93. The van der Waals surface area contributed by atoms with Crippen molar-refractivity contribution in [1.82, 2.24) is 10.2 Å². The van der Waals surface area contributed by atoms with Gasteiger partial charge in [-0.1, -0.05) is 23.5 Å². The van der Waals surface area contributed by atoms with Gasteiger partial charge in [0.15, 0.2) is 0 Å². The van der Waals surface area contributed by atoms with Gasteiger partial charge in [-0.3, -0.25) is 0 Å². The van der Waals surface area contributed by atoms with E-state index in [2.05, 4.69) is 15.5 Å². The third-order valence-corrected chi connectivity index (χ3v) is 3.12. The van der Waals surface area contributed by atoms with Gasteiger partial charge < -0.3 is 5.32 Å². The minimum atomic E-state index is -4.34. The molecule has 0 bridgehead atoms. The Hall–Kier alpha value is -1.63.